The highest BCUT2D eigenvalue weighted by atomic mass is 32.2. The minimum absolute atomic E-state index is 0.0299. The predicted molar refractivity (Wildman–Crippen MR) is 199 cm³/mol. The lowest BCUT2D eigenvalue weighted by Crippen LogP contribution is -2.68. The molecule has 0 radical (unpaired) electrons. The van der Waals surface area contributed by atoms with Gasteiger partial charge in [0.1, 0.15) is 0 Å². The number of rotatable bonds is 6. The molecule has 1 aromatic rings. The lowest BCUT2D eigenvalue weighted by Gasteiger charge is -2.72. The summed E-state index contributed by atoms with van der Waals surface area (Å²) in [6.07, 6.45) is 12.5. The molecule has 5 aliphatic carbocycles. The normalized spacial score (nSPS) is 41.8. The summed E-state index contributed by atoms with van der Waals surface area (Å²) in [4.78, 5) is 27.3. The van der Waals surface area contributed by atoms with E-state index in [2.05, 4.69) is 59.5 Å². The van der Waals surface area contributed by atoms with Crippen molar-refractivity contribution in [1.82, 2.24) is 10.2 Å². The van der Waals surface area contributed by atoms with Crippen molar-refractivity contribution in [3.63, 3.8) is 0 Å². The van der Waals surface area contributed by atoms with Crippen LogP contribution in [0.1, 0.15) is 115 Å². The number of carbonyl (C=O) groups is 2. The van der Waals surface area contributed by atoms with Gasteiger partial charge in [-0.15, -0.1) is 0 Å². The summed E-state index contributed by atoms with van der Waals surface area (Å²) >= 11 is 0. The van der Waals surface area contributed by atoms with Gasteiger partial charge in [-0.05, 0) is 139 Å². The van der Waals surface area contributed by atoms with Crippen LogP contribution in [0.3, 0.4) is 0 Å². The molecule has 0 unspecified atom stereocenters. The van der Waals surface area contributed by atoms with E-state index in [1.54, 1.807) is 12.1 Å². The van der Waals surface area contributed by atoms with Crippen molar-refractivity contribution < 1.29 is 23.1 Å². The van der Waals surface area contributed by atoms with Gasteiger partial charge in [0.25, 0.3) is 0 Å². The van der Waals surface area contributed by atoms with Gasteiger partial charge in [-0.2, -0.15) is 0 Å². The molecule has 274 valence electrons. The largest absolute Gasteiger partial charge is 0.478 e. The molecule has 7 nitrogen and oxygen atoms in total. The highest BCUT2D eigenvalue weighted by Gasteiger charge is 2.70. The maximum atomic E-state index is 13.8. The summed E-state index contributed by atoms with van der Waals surface area (Å²) in [7, 11) is -2.99. The van der Waals surface area contributed by atoms with Crippen molar-refractivity contribution in [1.29, 1.82) is 0 Å². The fourth-order valence-electron chi connectivity index (χ4n) is 13.7. The van der Waals surface area contributed by atoms with Gasteiger partial charge in [-0.25, -0.2) is 13.2 Å². The van der Waals surface area contributed by atoms with Gasteiger partial charge in [0.2, 0.25) is 5.91 Å². The average molecular weight is 705 g/mol. The summed E-state index contributed by atoms with van der Waals surface area (Å²) in [5, 5.41) is 13.1. The standard InChI is InChI=1S/C42H60N2O5S/c1-27(2)30-14-19-42(43-35(45)26-44-22-24-50(48,49)25-23-44)21-20-40(6)32(36(30)42)12-13-34-39(5)17-15-31(28-8-10-29(11-9-28)37(46)47)38(3,4)33(39)16-18-41(34,40)7/h8-11,15,30,32-34,36H,1,12-14,16-26H2,2-7H3,(H,43,45)(H,46,47)/t30-,32+,33-,34+,36+,39-,40+,41+,42-/m0/s1. The second-order valence-electron chi connectivity index (χ2n) is 18.7. The first-order valence-corrected chi connectivity index (χ1v) is 21.1. The van der Waals surface area contributed by atoms with E-state index in [0.717, 1.165) is 37.7 Å². The van der Waals surface area contributed by atoms with E-state index in [4.69, 9.17) is 0 Å². The van der Waals surface area contributed by atoms with E-state index >= 15 is 0 Å². The number of fused-ring (bicyclic) bond motifs is 7. The molecule has 1 aromatic carbocycles. The van der Waals surface area contributed by atoms with Crippen LogP contribution in [-0.4, -0.2) is 67.0 Å². The summed E-state index contributed by atoms with van der Waals surface area (Å²) in [5.74, 6) is 1.87. The Hall–Kier alpha value is -2.45. The Morgan fingerprint density at radius 1 is 0.900 bits per heavy atom. The van der Waals surface area contributed by atoms with E-state index in [1.807, 2.05) is 17.0 Å². The number of aromatic carboxylic acids is 1. The second kappa shape index (κ2) is 12.0. The number of nitrogens with zero attached hydrogens (tertiary/aromatic N) is 1. The Bertz CT molecular complexity index is 1700. The third-order valence-corrected chi connectivity index (χ3v) is 17.9. The van der Waals surface area contributed by atoms with E-state index in [1.165, 1.54) is 36.8 Å². The molecule has 1 aliphatic heterocycles. The Morgan fingerprint density at radius 3 is 2.22 bits per heavy atom. The molecule has 1 heterocycles. The Labute approximate surface area is 300 Å². The van der Waals surface area contributed by atoms with Gasteiger partial charge < -0.3 is 10.4 Å². The van der Waals surface area contributed by atoms with E-state index in [0.29, 0.717) is 48.2 Å². The SMILES string of the molecule is C=C(C)[C@@H]1CC[C@]2(NC(=O)CN3CCS(=O)(=O)CC3)CC[C@]3(C)[C@H](CC[C@@H]4[C@@]5(C)CC=C(c6ccc(C(=O)O)cc6)C(C)(C)[C@@H]5CC[C@]43C)[C@@H]12. The molecule has 6 aliphatic rings. The zero-order valence-electron chi connectivity index (χ0n) is 31.3. The highest BCUT2D eigenvalue weighted by molar-refractivity contribution is 7.91. The lowest BCUT2D eigenvalue weighted by molar-refractivity contribution is -0.219. The number of sulfone groups is 1. The second-order valence-corrected chi connectivity index (χ2v) is 21.0. The van der Waals surface area contributed by atoms with Gasteiger partial charge in [0, 0.05) is 18.6 Å². The number of carboxylic acids is 1. The Morgan fingerprint density at radius 2 is 1.58 bits per heavy atom. The van der Waals surface area contributed by atoms with Crippen LogP contribution in [0.25, 0.3) is 5.57 Å². The van der Waals surface area contributed by atoms with Crippen molar-refractivity contribution in [3.05, 3.63) is 53.6 Å². The molecule has 5 fully saturated rings. The molecule has 0 spiro atoms. The lowest BCUT2D eigenvalue weighted by atomic mass is 9.33. The molecule has 9 atom stereocenters. The van der Waals surface area contributed by atoms with Crippen LogP contribution in [0.5, 0.6) is 0 Å². The predicted octanol–water partition coefficient (Wildman–Crippen LogP) is 7.63. The zero-order valence-corrected chi connectivity index (χ0v) is 32.1. The number of carboxylic acid groups (broad SMARTS) is 1. The quantitative estimate of drug-likeness (QED) is 0.295. The van der Waals surface area contributed by atoms with Gasteiger partial charge in [-0.3, -0.25) is 9.69 Å². The molecular formula is C42H60N2O5S. The Kier molecular flexibility index (Phi) is 8.65. The molecule has 0 aromatic heterocycles. The number of allylic oxidation sites excluding steroid dienone is 3. The zero-order chi connectivity index (χ0) is 36.1. The number of benzene rings is 1. The molecule has 1 saturated heterocycles. The first kappa shape index (κ1) is 35.9. The van der Waals surface area contributed by atoms with E-state index < -0.39 is 15.8 Å². The van der Waals surface area contributed by atoms with E-state index in [9.17, 15) is 23.1 Å². The molecule has 4 saturated carbocycles. The monoisotopic (exact) mass is 704 g/mol. The molecule has 7 rings (SSSR count). The third kappa shape index (κ3) is 5.39. The maximum Gasteiger partial charge on any atom is 0.335 e. The summed E-state index contributed by atoms with van der Waals surface area (Å²) in [6.45, 7) is 20.6. The fraction of sp³-hybridized carbons (Fsp3) is 0.714. The third-order valence-electron chi connectivity index (χ3n) is 16.3. The maximum absolute atomic E-state index is 13.8. The molecule has 2 N–H and O–H groups in total. The smallest absolute Gasteiger partial charge is 0.335 e. The van der Waals surface area contributed by atoms with Crippen LogP contribution in [0.4, 0.5) is 0 Å². The van der Waals surface area contributed by atoms with E-state index in [-0.39, 0.29) is 51.2 Å². The summed E-state index contributed by atoms with van der Waals surface area (Å²) in [5.41, 5.74) is 4.35. The summed E-state index contributed by atoms with van der Waals surface area (Å²) < 4.78 is 24.0. The van der Waals surface area contributed by atoms with Crippen LogP contribution in [-0.2, 0) is 14.6 Å². The van der Waals surface area contributed by atoms with Gasteiger partial charge >= 0.3 is 5.97 Å². The average Bonchev–Trinajstić information content (AvgIpc) is 3.42. The first-order chi connectivity index (χ1) is 23.4. The minimum Gasteiger partial charge on any atom is -0.478 e. The molecule has 50 heavy (non-hydrogen) atoms. The summed E-state index contributed by atoms with van der Waals surface area (Å²) in [6, 6.07) is 7.50. The van der Waals surface area contributed by atoms with Crippen LogP contribution in [0.2, 0.25) is 0 Å². The minimum atomic E-state index is -2.99. The van der Waals surface area contributed by atoms with Gasteiger partial charge in [-0.1, -0.05) is 65.0 Å². The molecule has 1 amide bonds. The number of nitrogens with one attached hydrogen (secondary N) is 1. The number of hydrogen-bond acceptors (Lipinski definition) is 5. The topological polar surface area (TPSA) is 104 Å². The van der Waals surface area contributed by atoms with Gasteiger partial charge in [0.05, 0.1) is 23.6 Å². The fourth-order valence-corrected chi connectivity index (χ4v) is 15.0. The Balaban J connectivity index is 1.16. The number of hydrogen-bond donors (Lipinski definition) is 2. The van der Waals surface area contributed by atoms with Crippen LogP contribution < -0.4 is 5.32 Å². The van der Waals surface area contributed by atoms with Crippen molar-refractivity contribution in [2.75, 3.05) is 31.1 Å². The van der Waals surface area contributed by atoms with Crippen molar-refractivity contribution >= 4 is 27.3 Å². The highest BCUT2D eigenvalue weighted by Crippen LogP contribution is 2.76. The number of amides is 1. The van der Waals surface area contributed by atoms with Crippen molar-refractivity contribution in [2.24, 2.45) is 51.2 Å². The van der Waals surface area contributed by atoms with Crippen LogP contribution in [0.15, 0.2) is 42.5 Å². The number of carbonyl (C=O) groups excluding carboxylic acids is 1. The van der Waals surface area contributed by atoms with Crippen LogP contribution >= 0.6 is 0 Å². The van der Waals surface area contributed by atoms with Crippen LogP contribution in [0, 0.1) is 51.2 Å². The van der Waals surface area contributed by atoms with Crippen molar-refractivity contribution in [3.8, 4) is 0 Å². The first-order valence-electron chi connectivity index (χ1n) is 19.3. The van der Waals surface area contributed by atoms with Crippen molar-refractivity contribution in [2.45, 2.75) is 105 Å². The molecular weight excluding hydrogens is 645 g/mol. The van der Waals surface area contributed by atoms with Gasteiger partial charge in [0.15, 0.2) is 9.84 Å². The molecule has 0 bridgehead atoms. The molecule has 8 heteroatoms.